The molecule has 2 heterocycles. The number of rotatable bonds is 7. The van der Waals surface area contributed by atoms with Gasteiger partial charge in [-0.2, -0.15) is 0 Å². The highest BCUT2D eigenvalue weighted by Crippen LogP contribution is 2.49. The van der Waals surface area contributed by atoms with Crippen LogP contribution in [0.4, 0.5) is 13.6 Å². The van der Waals surface area contributed by atoms with Gasteiger partial charge in [-0.15, -0.1) is 0 Å². The van der Waals surface area contributed by atoms with Crippen LogP contribution in [0, 0.1) is 23.0 Å². The summed E-state index contributed by atoms with van der Waals surface area (Å²) in [7, 11) is 3.88. The Balaban J connectivity index is 1.51. The standard InChI is InChI=1S/C29H39ClF2N4O2/c1-33-24-9-15-36(27(18-24)25-17-23(31)5-6-26(25)32)28(38)35-14-7-21(29(20-35)11-3-4-12-29)19-34(2)13-8-22(30)10-16-37/h5-6,8,10,13,16-17,21,24,27,33H,3-4,7,9,11-12,14-15,18-20H2,1-2H3/b13-8-,22-10+/t21-,24?,27?/m0/s1. The number of allylic oxidation sites excluding steroid dienone is 3. The van der Waals surface area contributed by atoms with E-state index in [4.69, 9.17) is 11.6 Å². The SMILES string of the molecule is CNC1CCN(C(=O)N2CC[C@@H](CN(C)/C=C\C(Cl)=C/C=O)C3(CCCC3)C2)C(c2cc(F)ccc2F)C1. The molecule has 3 aliphatic rings. The summed E-state index contributed by atoms with van der Waals surface area (Å²) >= 11 is 6.03. The Labute approximate surface area is 229 Å². The van der Waals surface area contributed by atoms with Gasteiger partial charge < -0.3 is 20.0 Å². The topological polar surface area (TPSA) is 55.9 Å². The lowest BCUT2D eigenvalue weighted by Gasteiger charge is -2.50. The van der Waals surface area contributed by atoms with E-state index in [1.54, 1.807) is 11.0 Å². The van der Waals surface area contributed by atoms with Crippen molar-refractivity contribution in [2.45, 2.75) is 57.0 Å². The summed E-state index contributed by atoms with van der Waals surface area (Å²) in [6.07, 6.45) is 12.3. The molecule has 9 heteroatoms. The molecule has 208 valence electrons. The molecule has 4 rings (SSSR count). The van der Waals surface area contributed by atoms with Crippen molar-refractivity contribution in [2.75, 3.05) is 40.3 Å². The number of likely N-dealkylation sites (tertiary alicyclic amines) is 2. The monoisotopic (exact) mass is 548 g/mol. The second-order valence-corrected chi connectivity index (χ2v) is 11.5. The first kappa shape index (κ1) is 28.6. The summed E-state index contributed by atoms with van der Waals surface area (Å²) in [4.78, 5) is 30.4. The fourth-order valence-corrected chi connectivity index (χ4v) is 6.84. The zero-order valence-electron chi connectivity index (χ0n) is 22.3. The fourth-order valence-electron chi connectivity index (χ4n) is 6.73. The number of urea groups is 1. The molecule has 3 atom stereocenters. The van der Waals surface area contributed by atoms with Crippen molar-refractivity contribution >= 4 is 23.9 Å². The van der Waals surface area contributed by atoms with Gasteiger partial charge in [-0.05, 0) is 80.8 Å². The average molecular weight is 549 g/mol. The molecule has 1 spiro atoms. The summed E-state index contributed by atoms with van der Waals surface area (Å²) < 4.78 is 29.0. The third-order valence-electron chi connectivity index (χ3n) is 8.79. The molecule has 2 amide bonds. The fraction of sp³-hybridized carbons (Fsp3) is 0.586. The summed E-state index contributed by atoms with van der Waals surface area (Å²) in [6.45, 7) is 2.66. The first-order valence-electron chi connectivity index (χ1n) is 13.6. The molecule has 1 N–H and O–H groups in total. The van der Waals surface area contributed by atoms with Crippen LogP contribution in [0.3, 0.4) is 0 Å². The number of nitrogens with one attached hydrogen (secondary N) is 1. The van der Waals surface area contributed by atoms with Gasteiger partial charge in [-0.1, -0.05) is 24.4 Å². The quantitative estimate of drug-likeness (QED) is 0.279. The third kappa shape index (κ3) is 6.40. The van der Waals surface area contributed by atoms with E-state index in [2.05, 4.69) is 10.2 Å². The van der Waals surface area contributed by atoms with Crippen LogP contribution in [0.5, 0.6) is 0 Å². The third-order valence-corrected chi connectivity index (χ3v) is 9.04. The zero-order valence-corrected chi connectivity index (χ0v) is 23.1. The molecule has 2 aliphatic heterocycles. The summed E-state index contributed by atoms with van der Waals surface area (Å²) in [6, 6.07) is 3.07. The summed E-state index contributed by atoms with van der Waals surface area (Å²) in [5.41, 5.74) is 0.293. The smallest absolute Gasteiger partial charge is 0.320 e. The molecule has 1 saturated carbocycles. The van der Waals surface area contributed by atoms with Crippen molar-refractivity contribution in [2.24, 2.45) is 11.3 Å². The van der Waals surface area contributed by atoms with E-state index >= 15 is 0 Å². The molecule has 1 aliphatic carbocycles. The predicted octanol–water partition coefficient (Wildman–Crippen LogP) is 5.46. The van der Waals surface area contributed by atoms with E-state index in [1.165, 1.54) is 12.1 Å². The number of carbonyl (C=O) groups is 2. The Bertz CT molecular complexity index is 1060. The van der Waals surface area contributed by atoms with Crippen molar-refractivity contribution < 1.29 is 18.4 Å². The molecule has 1 aromatic carbocycles. The lowest BCUT2D eigenvalue weighted by atomic mass is 9.69. The zero-order chi connectivity index (χ0) is 27.3. The number of hydrogen-bond donors (Lipinski definition) is 1. The second kappa shape index (κ2) is 12.6. The van der Waals surface area contributed by atoms with Gasteiger partial charge in [0.05, 0.1) is 6.04 Å². The predicted molar refractivity (Wildman–Crippen MR) is 146 cm³/mol. The van der Waals surface area contributed by atoms with Crippen LogP contribution in [0.25, 0.3) is 0 Å². The lowest BCUT2D eigenvalue weighted by Crippen LogP contribution is -2.57. The Hall–Kier alpha value is -2.45. The van der Waals surface area contributed by atoms with Gasteiger partial charge in [0.2, 0.25) is 0 Å². The lowest BCUT2D eigenvalue weighted by molar-refractivity contribution is -0.104. The van der Waals surface area contributed by atoms with Crippen molar-refractivity contribution in [3.8, 4) is 0 Å². The maximum Gasteiger partial charge on any atom is 0.320 e. The van der Waals surface area contributed by atoms with E-state index < -0.39 is 17.7 Å². The van der Waals surface area contributed by atoms with Gasteiger partial charge in [0.25, 0.3) is 0 Å². The van der Waals surface area contributed by atoms with Gasteiger partial charge in [-0.25, -0.2) is 13.6 Å². The van der Waals surface area contributed by atoms with Crippen LogP contribution in [-0.4, -0.2) is 73.3 Å². The Morgan fingerprint density at radius 3 is 2.71 bits per heavy atom. The Morgan fingerprint density at radius 1 is 1.24 bits per heavy atom. The number of halogens is 3. The Morgan fingerprint density at radius 2 is 2.00 bits per heavy atom. The number of nitrogens with zero attached hydrogens (tertiary/aromatic N) is 3. The van der Waals surface area contributed by atoms with Crippen LogP contribution in [0.15, 0.2) is 41.6 Å². The van der Waals surface area contributed by atoms with Crippen molar-refractivity contribution in [1.82, 2.24) is 20.0 Å². The number of aldehydes is 1. The molecule has 0 radical (unpaired) electrons. The molecule has 3 fully saturated rings. The van der Waals surface area contributed by atoms with Crippen LogP contribution >= 0.6 is 11.6 Å². The van der Waals surface area contributed by atoms with Crippen molar-refractivity contribution in [1.29, 1.82) is 0 Å². The van der Waals surface area contributed by atoms with Crippen LogP contribution in [0.2, 0.25) is 0 Å². The van der Waals surface area contributed by atoms with Gasteiger partial charge in [0.15, 0.2) is 0 Å². The molecular formula is C29H39ClF2N4O2. The van der Waals surface area contributed by atoms with Crippen molar-refractivity contribution in [3.63, 3.8) is 0 Å². The largest absolute Gasteiger partial charge is 0.380 e. The highest BCUT2D eigenvalue weighted by atomic mass is 35.5. The number of carbonyl (C=O) groups excluding carboxylic acids is 2. The minimum absolute atomic E-state index is 0.0430. The summed E-state index contributed by atoms with van der Waals surface area (Å²) in [5.74, 6) is -0.549. The molecule has 6 nitrogen and oxygen atoms in total. The number of piperidine rings is 2. The number of amides is 2. The second-order valence-electron chi connectivity index (χ2n) is 11.1. The molecule has 1 aromatic rings. The highest BCUT2D eigenvalue weighted by molar-refractivity contribution is 6.32. The molecule has 38 heavy (non-hydrogen) atoms. The van der Waals surface area contributed by atoms with Crippen LogP contribution in [0.1, 0.15) is 56.6 Å². The van der Waals surface area contributed by atoms with E-state index in [-0.39, 0.29) is 23.1 Å². The van der Waals surface area contributed by atoms with E-state index in [9.17, 15) is 18.4 Å². The maximum absolute atomic E-state index is 14.9. The maximum atomic E-state index is 14.9. The first-order valence-corrected chi connectivity index (χ1v) is 14.0. The molecule has 0 aromatic heterocycles. The summed E-state index contributed by atoms with van der Waals surface area (Å²) in [5, 5.41) is 3.64. The van der Waals surface area contributed by atoms with E-state index in [0.29, 0.717) is 43.3 Å². The Kier molecular flexibility index (Phi) is 9.47. The molecule has 0 bridgehead atoms. The first-order chi connectivity index (χ1) is 18.3. The molecular weight excluding hydrogens is 510 g/mol. The normalized spacial score (nSPS) is 25.8. The van der Waals surface area contributed by atoms with Crippen molar-refractivity contribution in [3.05, 3.63) is 58.8 Å². The number of hydrogen-bond acceptors (Lipinski definition) is 4. The van der Waals surface area contributed by atoms with Gasteiger partial charge in [0, 0.05) is 56.1 Å². The van der Waals surface area contributed by atoms with Crippen LogP contribution in [-0.2, 0) is 4.79 Å². The van der Waals surface area contributed by atoms with E-state index in [1.807, 2.05) is 25.2 Å². The van der Waals surface area contributed by atoms with Gasteiger partial charge in [0.1, 0.15) is 17.9 Å². The number of benzene rings is 1. The van der Waals surface area contributed by atoms with Crippen LogP contribution < -0.4 is 5.32 Å². The highest BCUT2D eigenvalue weighted by Gasteiger charge is 2.47. The average Bonchev–Trinajstić information content (AvgIpc) is 3.38. The minimum Gasteiger partial charge on any atom is -0.380 e. The minimum atomic E-state index is -0.512. The van der Waals surface area contributed by atoms with Gasteiger partial charge in [-0.3, -0.25) is 4.79 Å². The molecule has 2 saturated heterocycles. The molecule has 2 unspecified atom stereocenters. The van der Waals surface area contributed by atoms with Gasteiger partial charge >= 0.3 is 6.03 Å². The van der Waals surface area contributed by atoms with E-state index in [0.717, 1.165) is 57.2 Å².